The summed E-state index contributed by atoms with van der Waals surface area (Å²) in [6.45, 7) is 5.96. The Kier molecular flexibility index (Phi) is 2.43. The second-order valence-corrected chi connectivity index (χ2v) is 4.27. The molecule has 0 aromatic rings. The van der Waals surface area contributed by atoms with E-state index < -0.39 is 0 Å². The van der Waals surface area contributed by atoms with Gasteiger partial charge in [0.05, 0.1) is 0 Å². The Morgan fingerprint density at radius 1 is 1.55 bits per heavy atom. The average molecular weight is 176 g/mol. The van der Waals surface area contributed by atoms with Crippen LogP contribution in [0.2, 0.25) is 0 Å². The van der Waals surface area contributed by atoms with Gasteiger partial charge in [0.2, 0.25) is 0 Å². The van der Waals surface area contributed by atoms with Gasteiger partial charge in [0.25, 0.3) is 0 Å². The summed E-state index contributed by atoms with van der Waals surface area (Å²) in [5.74, 6) is 0. The number of likely N-dealkylation sites (tertiary alicyclic amines) is 1. The molecule has 0 spiro atoms. The van der Waals surface area contributed by atoms with Gasteiger partial charge in [0, 0.05) is 13.1 Å². The van der Waals surface area contributed by atoms with Crippen LogP contribution in [0.5, 0.6) is 0 Å². The van der Waals surface area contributed by atoms with Crippen LogP contribution in [-0.2, 0) is 0 Å². The molecule has 2 nitrogen and oxygen atoms in total. The highest BCUT2D eigenvalue weighted by Gasteiger charge is 2.27. The van der Waals surface area contributed by atoms with Crippen molar-refractivity contribution in [3.8, 4) is 0 Å². The fourth-order valence-corrected chi connectivity index (χ4v) is 1.72. The van der Waals surface area contributed by atoms with Gasteiger partial charge >= 0.3 is 5.37 Å². The standard InChI is InChI=1S/C8H14ClNO/c1-8(2)4-3-5-10(6-8)7(9)11/h3-6H2,1-2H3. The maximum atomic E-state index is 10.8. The quantitative estimate of drug-likeness (QED) is 0.409. The molecular weight excluding hydrogens is 162 g/mol. The lowest BCUT2D eigenvalue weighted by Gasteiger charge is -2.36. The number of rotatable bonds is 0. The molecule has 1 aliphatic rings. The van der Waals surface area contributed by atoms with Gasteiger partial charge in [-0.2, -0.15) is 0 Å². The lowest BCUT2D eigenvalue weighted by molar-refractivity contribution is 0.144. The van der Waals surface area contributed by atoms with Crippen LogP contribution in [0.3, 0.4) is 0 Å². The normalized spacial score (nSPS) is 23.4. The third kappa shape index (κ3) is 2.37. The monoisotopic (exact) mass is 175 g/mol. The molecule has 3 heteroatoms. The molecule has 0 bridgehead atoms. The largest absolute Gasteiger partial charge is 0.329 e. The number of piperidine rings is 1. The van der Waals surface area contributed by atoms with E-state index in [1.54, 1.807) is 4.90 Å². The molecule has 1 saturated heterocycles. The number of carbonyl (C=O) groups excluding carboxylic acids is 1. The van der Waals surface area contributed by atoms with Crippen LogP contribution in [-0.4, -0.2) is 23.4 Å². The minimum Gasteiger partial charge on any atom is -0.329 e. The van der Waals surface area contributed by atoms with Crippen molar-refractivity contribution in [2.75, 3.05) is 13.1 Å². The minimum absolute atomic E-state index is 0.253. The zero-order valence-corrected chi connectivity index (χ0v) is 7.82. The van der Waals surface area contributed by atoms with Gasteiger partial charge in [-0.05, 0) is 29.9 Å². The highest BCUT2D eigenvalue weighted by molar-refractivity contribution is 6.62. The summed E-state index contributed by atoms with van der Waals surface area (Å²) in [6.07, 6.45) is 2.26. The topological polar surface area (TPSA) is 20.3 Å². The molecule has 1 fully saturated rings. The minimum atomic E-state index is -0.308. The average Bonchev–Trinajstić information content (AvgIpc) is 1.85. The molecule has 0 aliphatic carbocycles. The van der Waals surface area contributed by atoms with Crippen LogP contribution in [0.4, 0.5) is 4.79 Å². The fourth-order valence-electron chi connectivity index (χ4n) is 1.57. The van der Waals surface area contributed by atoms with E-state index in [-0.39, 0.29) is 10.8 Å². The predicted molar refractivity (Wildman–Crippen MR) is 45.8 cm³/mol. The number of carbonyl (C=O) groups is 1. The number of amides is 1. The Morgan fingerprint density at radius 3 is 2.55 bits per heavy atom. The van der Waals surface area contributed by atoms with Crippen molar-refractivity contribution in [1.82, 2.24) is 4.90 Å². The Hall–Kier alpha value is -0.240. The van der Waals surface area contributed by atoms with Crippen molar-refractivity contribution < 1.29 is 4.79 Å². The first-order valence-electron chi connectivity index (χ1n) is 3.96. The zero-order valence-electron chi connectivity index (χ0n) is 7.06. The van der Waals surface area contributed by atoms with E-state index in [0.717, 1.165) is 19.5 Å². The summed E-state index contributed by atoms with van der Waals surface area (Å²) in [5, 5.41) is -0.308. The molecule has 1 rings (SSSR count). The molecule has 0 saturated carbocycles. The van der Waals surface area contributed by atoms with Crippen molar-refractivity contribution in [3.63, 3.8) is 0 Å². The van der Waals surface area contributed by atoms with Crippen molar-refractivity contribution in [1.29, 1.82) is 0 Å². The highest BCUT2D eigenvalue weighted by atomic mass is 35.5. The van der Waals surface area contributed by atoms with E-state index in [1.165, 1.54) is 6.42 Å². The van der Waals surface area contributed by atoms with Gasteiger partial charge in [0.1, 0.15) is 0 Å². The molecule has 0 aromatic heterocycles. The molecule has 0 unspecified atom stereocenters. The third-order valence-corrected chi connectivity index (χ3v) is 2.39. The maximum absolute atomic E-state index is 10.8. The van der Waals surface area contributed by atoms with Gasteiger partial charge in [-0.1, -0.05) is 13.8 Å². The van der Waals surface area contributed by atoms with Gasteiger partial charge in [-0.15, -0.1) is 0 Å². The van der Waals surface area contributed by atoms with Crippen molar-refractivity contribution in [2.45, 2.75) is 26.7 Å². The Morgan fingerprint density at radius 2 is 2.18 bits per heavy atom. The molecular formula is C8H14ClNO. The highest BCUT2D eigenvalue weighted by Crippen LogP contribution is 2.28. The first-order chi connectivity index (χ1) is 5.01. The molecule has 11 heavy (non-hydrogen) atoms. The van der Waals surface area contributed by atoms with E-state index in [4.69, 9.17) is 11.6 Å². The fraction of sp³-hybridized carbons (Fsp3) is 0.875. The van der Waals surface area contributed by atoms with Crippen LogP contribution < -0.4 is 0 Å². The van der Waals surface area contributed by atoms with Gasteiger partial charge in [-0.25, -0.2) is 0 Å². The van der Waals surface area contributed by atoms with E-state index in [1.807, 2.05) is 0 Å². The van der Waals surface area contributed by atoms with Crippen LogP contribution in [0.1, 0.15) is 26.7 Å². The van der Waals surface area contributed by atoms with Crippen molar-refractivity contribution in [2.24, 2.45) is 5.41 Å². The number of nitrogens with zero attached hydrogens (tertiary/aromatic N) is 1. The number of hydrogen-bond donors (Lipinski definition) is 0. The van der Waals surface area contributed by atoms with Gasteiger partial charge in [-0.3, -0.25) is 4.79 Å². The molecule has 0 atom stereocenters. The lowest BCUT2D eigenvalue weighted by atomic mass is 9.84. The first-order valence-corrected chi connectivity index (χ1v) is 4.33. The predicted octanol–water partition coefficient (Wildman–Crippen LogP) is 2.47. The van der Waals surface area contributed by atoms with Gasteiger partial charge < -0.3 is 4.90 Å². The summed E-state index contributed by atoms with van der Waals surface area (Å²) < 4.78 is 0. The second-order valence-electron chi connectivity index (χ2n) is 3.94. The Bertz CT molecular complexity index is 167. The van der Waals surface area contributed by atoms with Crippen molar-refractivity contribution in [3.05, 3.63) is 0 Å². The molecule has 1 aliphatic heterocycles. The third-order valence-electron chi connectivity index (χ3n) is 2.15. The molecule has 64 valence electrons. The van der Waals surface area contributed by atoms with E-state index in [0.29, 0.717) is 0 Å². The summed E-state index contributed by atoms with van der Waals surface area (Å²) in [6, 6.07) is 0. The molecule has 1 amide bonds. The van der Waals surface area contributed by atoms with Crippen molar-refractivity contribution >= 4 is 17.0 Å². The smallest absolute Gasteiger partial charge is 0.316 e. The first kappa shape index (κ1) is 8.85. The molecule has 0 N–H and O–H groups in total. The summed E-state index contributed by atoms with van der Waals surface area (Å²) in [4.78, 5) is 12.5. The van der Waals surface area contributed by atoms with Crippen LogP contribution in [0.25, 0.3) is 0 Å². The molecule has 0 radical (unpaired) electrons. The molecule has 0 aromatic carbocycles. The van der Waals surface area contributed by atoms with E-state index in [9.17, 15) is 4.79 Å². The van der Waals surface area contributed by atoms with Gasteiger partial charge in [0.15, 0.2) is 0 Å². The molecule has 1 heterocycles. The second kappa shape index (κ2) is 3.02. The van der Waals surface area contributed by atoms with Crippen LogP contribution in [0.15, 0.2) is 0 Å². The lowest BCUT2D eigenvalue weighted by Crippen LogP contribution is -2.41. The summed E-state index contributed by atoms with van der Waals surface area (Å²) in [7, 11) is 0. The SMILES string of the molecule is CC1(C)CCCN(C(=O)Cl)C1. The van der Waals surface area contributed by atoms with Crippen LogP contribution >= 0.6 is 11.6 Å². The van der Waals surface area contributed by atoms with Crippen LogP contribution in [0, 0.1) is 5.41 Å². The summed E-state index contributed by atoms with van der Waals surface area (Å²) >= 11 is 5.37. The zero-order chi connectivity index (χ0) is 8.48. The van der Waals surface area contributed by atoms with E-state index >= 15 is 0 Å². The number of halogens is 1. The Balaban J connectivity index is 2.53. The Labute approximate surface area is 72.5 Å². The summed E-state index contributed by atoms with van der Waals surface area (Å²) in [5.41, 5.74) is 0.253. The van der Waals surface area contributed by atoms with E-state index in [2.05, 4.69) is 13.8 Å². The number of hydrogen-bond acceptors (Lipinski definition) is 1. The maximum Gasteiger partial charge on any atom is 0.316 e.